The smallest absolute Gasteiger partial charge is 0.410 e. The van der Waals surface area contributed by atoms with Crippen molar-refractivity contribution in [2.45, 2.75) is 39.2 Å². The molecule has 1 aromatic carbocycles. The van der Waals surface area contributed by atoms with Gasteiger partial charge < -0.3 is 19.5 Å². The van der Waals surface area contributed by atoms with E-state index in [1.807, 2.05) is 49.9 Å². The fourth-order valence-electron chi connectivity index (χ4n) is 3.22. The lowest BCUT2D eigenvalue weighted by atomic mass is 9.96. The maximum absolute atomic E-state index is 12.1. The largest absolute Gasteiger partial charge is 0.444 e. The third-order valence-electron chi connectivity index (χ3n) is 4.54. The van der Waals surface area contributed by atoms with Crippen LogP contribution in [0.4, 0.5) is 10.7 Å². The number of benzene rings is 1. The molecule has 1 N–H and O–H groups in total. The Labute approximate surface area is 149 Å². The van der Waals surface area contributed by atoms with Crippen molar-refractivity contribution >= 4 is 23.1 Å². The quantitative estimate of drug-likeness (QED) is 0.923. The van der Waals surface area contributed by atoms with Gasteiger partial charge in [-0.3, -0.25) is 0 Å². The van der Waals surface area contributed by atoms with Crippen molar-refractivity contribution < 1.29 is 9.53 Å². The van der Waals surface area contributed by atoms with E-state index in [1.54, 1.807) is 0 Å². The van der Waals surface area contributed by atoms with Crippen LogP contribution in [-0.2, 0) is 4.74 Å². The Morgan fingerprint density at radius 1 is 1.32 bits per heavy atom. The van der Waals surface area contributed by atoms with Gasteiger partial charge in [-0.15, -0.1) is 0 Å². The second kappa shape index (κ2) is 6.94. The number of hydrogen-bond acceptors (Lipinski definition) is 4. The van der Waals surface area contributed by atoms with Crippen LogP contribution in [0.2, 0.25) is 0 Å². The highest BCUT2D eigenvalue weighted by atomic mass is 16.6. The summed E-state index contributed by atoms with van der Waals surface area (Å²) in [5.74, 6) is 1.45. The first kappa shape index (κ1) is 17.6. The van der Waals surface area contributed by atoms with Gasteiger partial charge in [-0.25, -0.2) is 9.78 Å². The molecule has 0 unspecified atom stereocenters. The molecule has 25 heavy (non-hydrogen) atoms. The Hall–Kier alpha value is -2.24. The van der Waals surface area contributed by atoms with Crippen LogP contribution in [0.5, 0.6) is 0 Å². The minimum atomic E-state index is -0.435. The number of amides is 1. The van der Waals surface area contributed by atoms with E-state index in [1.165, 1.54) is 0 Å². The second-order valence-electron chi connectivity index (χ2n) is 7.87. The SMILES string of the molecule is CN(CC1CCN(C(=O)OC(C)(C)C)CC1)c1nc2ccccc2[nH]1. The normalized spacial score (nSPS) is 16.2. The maximum atomic E-state index is 12.1. The first-order valence-corrected chi connectivity index (χ1v) is 8.95. The molecule has 0 saturated carbocycles. The number of hydrogen-bond donors (Lipinski definition) is 1. The summed E-state index contributed by atoms with van der Waals surface area (Å²) in [6.07, 6.45) is 1.78. The number of rotatable bonds is 3. The van der Waals surface area contributed by atoms with E-state index in [9.17, 15) is 4.79 Å². The van der Waals surface area contributed by atoms with Gasteiger partial charge in [0.15, 0.2) is 0 Å². The Bertz CT molecular complexity index is 693. The highest BCUT2D eigenvalue weighted by Crippen LogP contribution is 2.23. The standard InChI is InChI=1S/C19H28N4O2/c1-19(2,3)25-18(24)23-11-9-14(10-12-23)13-22(4)17-20-15-7-5-6-8-16(15)21-17/h5-8,14H,9-13H2,1-4H3,(H,20,21). The van der Waals surface area contributed by atoms with E-state index in [0.717, 1.165) is 49.5 Å². The molecule has 1 saturated heterocycles. The van der Waals surface area contributed by atoms with Crippen LogP contribution in [0, 0.1) is 5.92 Å². The van der Waals surface area contributed by atoms with Crippen LogP contribution in [0.25, 0.3) is 11.0 Å². The minimum absolute atomic E-state index is 0.198. The molecule has 3 rings (SSSR count). The van der Waals surface area contributed by atoms with Gasteiger partial charge in [-0.1, -0.05) is 12.1 Å². The monoisotopic (exact) mass is 344 g/mol. The van der Waals surface area contributed by atoms with Gasteiger partial charge in [-0.05, 0) is 51.7 Å². The topological polar surface area (TPSA) is 61.5 Å². The summed E-state index contributed by atoms with van der Waals surface area (Å²) in [4.78, 5) is 24.2. The Balaban J connectivity index is 1.52. The fourth-order valence-corrected chi connectivity index (χ4v) is 3.22. The van der Waals surface area contributed by atoms with Gasteiger partial charge in [0.05, 0.1) is 11.0 Å². The lowest BCUT2D eigenvalue weighted by Crippen LogP contribution is -2.43. The van der Waals surface area contributed by atoms with Crippen LogP contribution < -0.4 is 4.90 Å². The zero-order valence-corrected chi connectivity index (χ0v) is 15.6. The molecule has 0 spiro atoms. The van der Waals surface area contributed by atoms with Crippen molar-refractivity contribution in [1.29, 1.82) is 0 Å². The van der Waals surface area contributed by atoms with Gasteiger partial charge in [0.25, 0.3) is 0 Å². The van der Waals surface area contributed by atoms with Crippen LogP contribution in [0.3, 0.4) is 0 Å². The van der Waals surface area contributed by atoms with E-state index < -0.39 is 5.60 Å². The lowest BCUT2D eigenvalue weighted by Gasteiger charge is -2.34. The van der Waals surface area contributed by atoms with Gasteiger partial charge in [0, 0.05) is 26.7 Å². The molecule has 1 amide bonds. The number of carbonyl (C=O) groups excluding carboxylic acids is 1. The first-order valence-electron chi connectivity index (χ1n) is 8.95. The third-order valence-corrected chi connectivity index (χ3v) is 4.54. The van der Waals surface area contributed by atoms with E-state index >= 15 is 0 Å². The number of para-hydroxylation sites is 2. The number of imidazole rings is 1. The predicted octanol–water partition coefficient (Wildman–Crippen LogP) is 3.65. The number of aromatic amines is 1. The Morgan fingerprint density at radius 2 is 2.00 bits per heavy atom. The van der Waals surface area contributed by atoms with Gasteiger partial charge >= 0.3 is 6.09 Å². The lowest BCUT2D eigenvalue weighted by molar-refractivity contribution is 0.0186. The van der Waals surface area contributed by atoms with Crippen LogP contribution in [0.1, 0.15) is 33.6 Å². The molecule has 6 nitrogen and oxygen atoms in total. The maximum Gasteiger partial charge on any atom is 0.410 e. The second-order valence-corrected chi connectivity index (χ2v) is 7.87. The number of H-pyrrole nitrogens is 1. The van der Waals surface area contributed by atoms with E-state index in [-0.39, 0.29) is 6.09 Å². The Morgan fingerprint density at radius 3 is 2.64 bits per heavy atom. The van der Waals surface area contributed by atoms with Crippen molar-refractivity contribution in [2.24, 2.45) is 5.92 Å². The third kappa shape index (κ3) is 4.44. The Kier molecular flexibility index (Phi) is 4.88. The number of nitrogens with zero attached hydrogens (tertiary/aromatic N) is 3. The summed E-state index contributed by atoms with van der Waals surface area (Å²) in [6.45, 7) is 8.16. The predicted molar refractivity (Wildman–Crippen MR) is 99.9 cm³/mol. The average molecular weight is 344 g/mol. The summed E-state index contributed by atoms with van der Waals surface area (Å²) < 4.78 is 5.46. The average Bonchev–Trinajstić information content (AvgIpc) is 2.98. The van der Waals surface area contributed by atoms with Gasteiger partial charge in [0.2, 0.25) is 5.95 Å². The fraction of sp³-hybridized carbons (Fsp3) is 0.579. The van der Waals surface area contributed by atoms with Crippen molar-refractivity contribution in [3.05, 3.63) is 24.3 Å². The zero-order valence-electron chi connectivity index (χ0n) is 15.6. The first-order chi connectivity index (χ1) is 11.8. The summed E-state index contributed by atoms with van der Waals surface area (Å²) in [5.41, 5.74) is 1.61. The number of anilines is 1. The molecular formula is C19H28N4O2. The van der Waals surface area contributed by atoms with Crippen molar-refractivity contribution in [2.75, 3.05) is 31.6 Å². The van der Waals surface area contributed by atoms with E-state index in [0.29, 0.717) is 5.92 Å². The highest BCUT2D eigenvalue weighted by molar-refractivity contribution is 5.77. The van der Waals surface area contributed by atoms with Gasteiger partial charge in [-0.2, -0.15) is 0 Å². The minimum Gasteiger partial charge on any atom is -0.444 e. The van der Waals surface area contributed by atoms with Crippen molar-refractivity contribution in [1.82, 2.24) is 14.9 Å². The van der Waals surface area contributed by atoms with E-state index in [4.69, 9.17) is 4.74 Å². The number of piperidine rings is 1. The molecule has 2 heterocycles. The number of nitrogens with one attached hydrogen (secondary N) is 1. The van der Waals surface area contributed by atoms with Crippen LogP contribution in [0.15, 0.2) is 24.3 Å². The number of likely N-dealkylation sites (tertiary alicyclic amines) is 1. The molecule has 1 aromatic heterocycles. The molecular weight excluding hydrogens is 316 g/mol. The molecule has 0 bridgehead atoms. The van der Waals surface area contributed by atoms with Crippen molar-refractivity contribution in [3.8, 4) is 0 Å². The number of ether oxygens (including phenoxy) is 1. The molecule has 0 radical (unpaired) electrons. The summed E-state index contributed by atoms with van der Waals surface area (Å²) in [6, 6.07) is 8.07. The van der Waals surface area contributed by atoms with Crippen molar-refractivity contribution in [3.63, 3.8) is 0 Å². The number of aromatic nitrogens is 2. The summed E-state index contributed by atoms with van der Waals surface area (Å²) >= 11 is 0. The zero-order chi connectivity index (χ0) is 18.0. The number of carbonyl (C=O) groups is 1. The summed E-state index contributed by atoms with van der Waals surface area (Å²) in [5, 5.41) is 0. The van der Waals surface area contributed by atoms with Gasteiger partial charge in [0.1, 0.15) is 5.60 Å². The highest BCUT2D eigenvalue weighted by Gasteiger charge is 2.27. The molecule has 1 aliphatic rings. The molecule has 6 heteroatoms. The molecule has 0 aliphatic carbocycles. The number of fused-ring (bicyclic) bond motifs is 1. The molecule has 1 aliphatic heterocycles. The molecule has 136 valence electrons. The molecule has 2 aromatic rings. The van der Waals surface area contributed by atoms with Crippen LogP contribution in [-0.4, -0.2) is 53.2 Å². The summed E-state index contributed by atoms with van der Waals surface area (Å²) in [7, 11) is 2.07. The molecule has 0 atom stereocenters. The van der Waals surface area contributed by atoms with Crippen LogP contribution >= 0.6 is 0 Å². The molecule has 1 fully saturated rings. The van der Waals surface area contributed by atoms with E-state index in [2.05, 4.69) is 21.9 Å².